The molecule has 0 aliphatic heterocycles. The minimum absolute atomic E-state index is 0.00166. The van der Waals surface area contributed by atoms with Crippen molar-refractivity contribution in [1.82, 2.24) is 30.0 Å². The smallest absolute Gasteiger partial charge is 0.225 e. The summed E-state index contributed by atoms with van der Waals surface area (Å²) in [6.07, 6.45) is 8.18. The third kappa shape index (κ3) is 3.64. The van der Waals surface area contributed by atoms with Gasteiger partial charge in [-0.25, -0.2) is 15.0 Å². The van der Waals surface area contributed by atoms with Gasteiger partial charge in [-0.1, -0.05) is 0 Å². The van der Waals surface area contributed by atoms with Crippen LogP contribution in [0.25, 0.3) is 0 Å². The van der Waals surface area contributed by atoms with Crippen molar-refractivity contribution in [1.29, 1.82) is 0 Å². The molecule has 2 aromatic heterocycles. The molecule has 0 radical (unpaired) electrons. The van der Waals surface area contributed by atoms with E-state index < -0.39 is 0 Å². The first kappa shape index (κ1) is 15.4. The van der Waals surface area contributed by atoms with Gasteiger partial charge in [-0.05, 0) is 19.3 Å². The SMILES string of the molecule is CN(C)c1ncc2c(n1)CCCC2NC(=O)CCn1cncn1. The van der Waals surface area contributed by atoms with Crippen molar-refractivity contribution < 1.29 is 4.79 Å². The summed E-state index contributed by atoms with van der Waals surface area (Å²) in [6.45, 7) is 0.529. The lowest BCUT2D eigenvalue weighted by Crippen LogP contribution is -2.32. The fourth-order valence-corrected chi connectivity index (χ4v) is 2.73. The first-order valence-corrected chi connectivity index (χ1v) is 7.78. The summed E-state index contributed by atoms with van der Waals surface area (Å²) < 4.78 is 1.65. The number of hydrogen-bond donors (Lipinski definition) is 1. The fraction of sp³-hybridized carbons (Fsp3) is 0.533. The number of hydrogen-bond acceptors (Lipinski definition) is 6. The quantitative estimate of drug-likeness (QED) is 0.874. The second-order valence-corrected chi connectivity index (χ2v) is 5.89. The Morgan fingerprint density at radius 2 is 2.35 bits per heavy atom. The first-order chi connectivity index (χ1) is 11.1. The Balaban J connectivity index is 1.64. The lowest BCUT2D eigenvalue weighted by molar-refractivity contribution is -0.122. The van der Waals surface area contributed by atoms with Gasteiger partial charge in [-0.15, -0.1) is 0 Å². The molecule has 2 aromatic rings. The Hall–Kier alpha value is -2.51. The average Bonchev–Trinajstić information content (AvgIpc) is 3.06. The van der Waals surface area contributed by atoms with Crippen LogP contribution in [0.3, 0.4) is 0 Å². The second kappa shape index (κ2) is 6.72. The number of fused-ring (bicyclic) bond motifs is 1. The van der Waals surface area contributed by atoms with Crippen LogP contribution < -0.4 is 10.2 Å². The number of anilines is 1. The highest BCUT2D eigenvalue weighted by molar-refractivity contribution is 5.76. The summed E-state index contributed by atoms with van der Waals surface area (Å²) in [6, 6.07) is -0.00166. The van der Waals surface area contributed by atoms with Crippen molar-refractivity contribution in [2.24, 2.45) is 0 Å². The highest BCUT2D eigenvalue weighted by Crippen LogP contribution is 2.28. The van der Waals surface area contributed by atoms with Crippen LogP contribution in [0.15, 0.2) is 18.9 Å². The predicted octanol–water partition coefficient (Wildman–Crippen LogP) is 0.718. The van der Waals surface area contributed by atoms with Crippen molar-refractivity contribution in [2.45, 2.75) is 38.3 Å². The monoisotopic (exact) mass is 315 g/mol. The zero-order chi connectivity index (χ0) is 16.2. The number of carbonyl (C=O) groups excluding carboxylic acids is 1. The third-order valence-electron chi connectivity index (χ3n) is 3.94. The summed E-state index contributed by atoms with van der Waals surface area (Å²) in [5, 5.41) is 7.09. The van der Waals surface area contributed by atoms with Crippen LogP contribution in [0, 0.1) is 0 Å². The van der Waals surface area contributed by atoms with E-state index in [1.165, 1.54) is 6.33 Å². The van der Waals surface area contributed by atoms with E-state index >= 15 is 0 Å². The molecule has 0 spiro atoms. The van der Waals surface area contributed by atoms with E-state index in [4.69, 9.17) is 0 Å². The molecule has 0 aromatic carbocycles. The van der Waals surface area contributed by atoms with Crippen molar-refractivity contribution >= 4 is 11.9 Å². The van der Waals surface area contributed by atoms with Crippen molar-refractivity contribution in [3.8, 4) is 0 Å². The molecule has 1 atom stereocenters. The summed E-state index contributed by atoms with van der Waals surface area (Å²) >= 11 is 0. The van der Waals surface area contributed by atoms with Crippen LogP contribution in [0.4, 0.5) is 5.95 Å². The number of rotatable bonds is 5. The molecule has 0 saturated carbocycles. The standard InChI is InChI=1S/C15H21N7O/c1-21(2)15-17-8-11-12(4-3-5-13(11)20-15)19-14(23)6-7-22-10-16-9-18-22/h8-10,12H,3-7H2,1-2H3,(H,19,23). The van der Waals surface area contributed by atoms with Gasteiger partial charge >= 0.3 is 0 Å². The summed E-state index contributed by atoms with van der Waals surface area (Å²) in [5.74, 6) is 0.719. The maximum absolute atomic E-state index is 12.2. The molecule has 8 nitrogen and oxygen atoms in total. The predicted molar refractivity (Wildman–Crippen MR) is 84.8 cm³/mol. The molecule has 0 saturated heterocycles. The normalized spacial score (nSPS) is 16.7. The molecule has 1 aliphatic carbocycles. The number of nitrogens with one attached hydrogen (secondary N) is 1. The van der Waals surface area contributed by atoms with E-state index in [0.29, 0.717) is 18.9 Å². The molecule has 2 heterocycles. The number of amides is 1. The maximum Gasteiger partial charge on any atom is 0.225 e. The topological polar surface area (TPSA) is 88.8 Å². The van der Waals surface area contributed by atoms with Crippen LogP contribution >= 0.6 is 0 Å². The van der Waals surface area contributed by atoms with Gasteiger partial charge in [0, 0.05) is 32.3 Å². The van der Waals surface area contributed by atoms with Crippen LogP contribution in [0.1, 0.15) is 36.6 Å². The van der Waals surface area contributed by atoms with Crippen molar-refractivity contribution in [2.75, 3.05) is 19.0 Å². The largest absolute Gasteiger partial charge is 0.349 e. The van der Waals surface area contributed by atoms with Crippen LogP contribution in [0.5, 0.6) is 0 Å². The second-order valence-electron chi connectivity index (χ2n) is 5.89. The van der Waals surface area contributed by atoms with Crippen LogP contribution in [0.2, 0.25) is 0 Å². The van der Waals surface area contributed by atoms with Crippen LogP contribution in [-0.2, 0) is 17.8 Å². The Bertz CT molecular complexity index is 668. The van der Waals surface area contributed by atoms with E-state index in [1.54, 1.807) is 11.0 Å². The van der Waals surface area contributed by atoms with E-state index in [9.17, 15) is 4.79 Å². The Kier molecular flexibility index (Phi) is 4.50. The van der Waals surface area contributed by atoms with Gasteiger partial charge in [0.1, 0.15) is 12.7 Å². The van der Waals surface area contributed by atoms with Gasteiger partial charge in [0.25, 0.3) is 0 Å². The van der Waals surface area contributed by atoms with Crippen molar-refractivity contribution in [3.05, 3.63) is 30.1 Å². The highest BCUT2D eigenvalue weighted by Gasteiger charge is 2.24. The minimum atomic E-state index is -0.00166. The molecular formula is C15H21N7O. The van der Waals surface area contributed by atoms with E-state index in [0.717, 1.165) is 30.5 Å². The van der Waals surface area contributed by atoms with Crippen molar-refractivity contribution in [3.63, 3.8) is 0 Å². The molecule has 1 N–H and O–H groups in total. The van der Waals surface area contributed by atoms with Gasteiger partial charge < -0.3 is 10.2 Å². The van der Waals surface area contributed by atoms with E-state index in [2.05, 4.69) is 25.4 Å². The maximum atomic E-state index is 12.2. The molecule has 0 fully saturated rings. The van der Waals surface area contributed by atoms with Gasteiger partial charge in [0.05, 0.1) is 18.3 Å². The summed E-state index contributed by atoms with van der Waals surface area (Å²) in [5.41, 5.74) is 2.08. The zero-order valence-electron chi connectivity index (χ0n) is 13.4. The molecule has 23 heavy (non-hydrogen) atoms. The van der Waals surface area contributed by atoms with Gasteiger partial charge in [-0.2, -0.15) is 5.10 Å². The van der Waals surface area contributed by atoms with Gasteiger partial charge in [0.2, 0.25) is 11.9 Å². The Morgan fingerprint density at radius 3 is 3.09 bits per heavy atom. The molecule has 3 rings (SSSR count). The first-order valence-electron chi connectivity index (χ1n) is 7.78. The fourth-order valence-electron chi connectivity index (χ4n) is 2.73. The zero-order valence-corrected chi connectivity index (χ0v) is 13.4. The van der Waals surface area contributed by atoms with Gasteiger partial charge in [-0.3, -0.25) is 9.48 Å². The summed E-state index contributed by atoms with van der Waals surface area (Å²) in [4.78, 5) is 26.9. The lowest BCUT2D eigenvalue weighted by atomic mass is 9.92. The number of aryl methyl sites for hydroxylation is 2. The molecule has 8 heteroatoms. The number of nitrogens with zero attached hydrogens (tertiary/aromatic N) is 6. The summed E-state index contributed by atoms with van der Waals surface area (Å²) in [7, 11) is 3.85. The molecule has 1 unspecified atom stereocenters. The van der Waals surface area contributed by atoms with Crippen LogP contribution in [-0.4, -0.2) is 44.7 Å². The highest BCUT2D eigenvalue weighted by atomic mass is 16.1. The average molecular weight is 315 g/mol. The van der Waals surface area contributed by atoms with Gasteiger partial charge in [0.15, 0.2) is 0 Å². The lowest BCUT2D eigenvalue weighted by Gasteiger charge is -2.26. The Labute approximate surface area is 135 Å². The minimum Gasteiger partial charge on any atom is -0.349 e. The number of carbonyl (C=O) groups is 1. The third-order valence-corrected chi connectivity index (χ3v) is 3.94. The molecule has 1 amide bonds. The molecule has 122 valence electrons. The number of aromatic nitrogens is 5. The van der Waals surface area contributed by atoms with E-state index in [-0.39, 0.29) is 11.9 Å². The Morgan fingerprint density at radius 1 is 1.48 bits per heavy atom. The molecule has 1 aliphatic rings. The van der Waals surface area contributed by atoms with E-state index in [1.807, 2.05) is 25.2 Å². The molecular weight excluding hydrogens is 294 g/mol. The molecule has 0 bridgehead atoms.